The topological polar surface area (TPSA) is 64.3 Å². The van der Waals surface area contributed by atoms with Crippen LogP contribution in [0.5, 0.6) is 5.75 Å². The molecular weight excluding hydrogens is 228 g/mol. The number of nitrogens with one attached hydrogen (secondary N) is 1. The molecule has 0 spiro atoms. The molecule has 98 valence electrons. The molecule has 1 aromatic carbocycles. The zero-order valence-corrected chi connectivity index (χ0v) is 11.0. The average Bonchev–Trinajstić information content (AvgIpc) is 2.75. The Morgan fingerprint density at radius 1 is 1.39 bits per heavy atom. The van der Waals surface area contributed by atoms with Crippen LogP contribution in [0.4, 0.5) is 5.69 Å². The van der Waals surface area contributed by atoms with Gasteiger partial charge in [0, 0.05) is 5.54 Å². The van der Waals surface area contributed by atoms with Crippen molar-refractivity contribution in [3.8, 4) is 5.75 Å². The number of nitrogen functional groups attached to an aromatic ring is 1. The molecule has 4 heteroatoms. The second-order valence-corrected chi connectivity index (χ2v) is 5.15. The highest BCUT2D eigenvalue weighted by molar-refractivity contribution is 5.99. The van der Waals surface area contributed by atoms with Crippen molar-refractivity contribution in [1.29, 1.82) is 0 Å². The SMILES string of the molecule is COc1c(N)cccc1C(=O)NC1(C)CCCC1. The predicted octanol–water partition coefficient (Wildman–Crippen LogP) is 2.34. The summed E-state index contributed by atoms with van der Waals surface area (Å²) in [6, 6.07) is 5.24. The van der Waals surface area contributed by atoms with E-state index in [9.17, 15) is 4.79 Å². The molecule has 1 aliphatic carbocycles. The second kappa shape index (κ2) is 4.88. The first-order valence-electron chi connectivity index (χ1n) is 6.31. The summed E-state index contributed by atoms with van der Waals surface area (Å²) >= 11 is 0. The van der Waals surface area contributed by atoms with Crippen LogP contribution in [0.15, 0.2) is 18.2 Å². The van der Waals surface area contributed by atoms with Crippen molar-refractivity contribution in [2.24, 2.45) is 0 Å². The smallest absolute Gasteiger partial charge is 0.255 e. The van der Waals surface area contributed by atoms with Crippen LogP contribution in [0, 0.1) is 0 Å². The summed E-state index contributed by atoms with van der Waals surface area (Å²) in [5, 5.41) is 3.10. The van der Waals surface area contributed by atoms with Gasteiger partial charge < -0.3 is 15.8 Å². The Kier molecular flexibility index (Phi) is 3.45. The van der Waals surface area contributed by atoms with Crippen molar-refractivity contribution in [3.63, 3.8) is 0 Å². The lowest BCUT2D eigenvalue weighted by atomic mass is 10.00. The largest absolute Gasteiger partial charge is 0.494 e. The first-order valence-corrected chi connectivity index (χ1v) is 6.31. The summed E-state index contributed by atoms with van der Waals surface area (Å²) in [6.45, 7) is 2.09. The summed E-state index contributed by atoms with van der Waals surface area (Å²) < 4.78 is 5.21. The van der Waals surface area contributed by atoms with Gasteiger partial charge in [-0.25, -0.2) is 0 Å². The maximum atomic E-state index is 12.3. The summed E-state index contributed by atoms with van der Waals surface area (Å²) in [4.78, 5) is 12.3. The zero-order chi connectivity index (χ0) is 13.2. The lowest BCUT2D eigenvalue weighted by Gasteiger charge is -2.25. The van der Waals surface area contributed by atoms with Gasteiger partial charge in [0.15, 0.2) is 5.75 Å². The van der Waals surface area contributed by atoms with Crippen LogP contribution < -0.4 is 15.8 Å². The molecular formula is C14H20N2O2. The summed E-state index contributed by atoms with van der Waals surface area (Å²) in [5.74, 6) is 0.347. The second-order valence-electron chi connectivity index (χ2n) is 5.15. The Balaban J connectivity index is 2.21. The minimum absolute atomic E-state index is 0.0906. The highest BCUT2D eigenvalue weighted by Gasteiger charge is 2.31. The maximum Gasteiger partial charge on any atom is 0.255 e. The number of anilines is 1. The van der Waals surface area contributed by atoms with Crippen LogP contribution in [-0.2, 0) is 0 Å². The van der Waals surface area contributed by atoms with Crippen LogP contribution in [0.3, 0.4) is 0 Å². The number of para-hydroxylation sites is 1. The molecule has 1 saturated carbocycles. The molecule has 0 radical (unpaired) electrons. The molecule has 1 aliphatic rings. The summed E-state index contributed by atoms with van der Waals surface area (Å²) in [5.41, 5.74) is 6.71. The summed E-state index contributed by atoms with van der Waals surface area (Å²) in [7, 11) is 1.53. The van der Waals surface area contributed by atoms with Crippen molar-refractivity contribution < 1.29 is 9.53 Å². The quantitative estimate of drug-likeness (QED) is 0.807. The minimum atomic E-state index is -0.108. The van der Waals surface area contributed by atoms with Crippen LogP contribution in [0.2, 0.25) is 0 Å². The van der Waals surface area contributed by atoms with E-state index < -0.39 is 0 Å². The van der Waals surface area contributed by atoms with E-state index >= 15 is 0 Å². The molecule has 18 heavy (non-hydrogen) atoms. The van der Waals surface area contributed by atoms with E-state index in [1.165, 1.54) is 20.0 Å². The molecule has 1 amide bonds. The Morgan fingerprint density at radius 3 is 2.67 bits per heavy atom. The molecule has 0 aliphatic heterocycles. The lowest BCUT2D eigenvalue weighted by molar-refractivity contribution is 0.0905. The first-order chi connectivity index (χ1) is 8.56. The van der Waals surface area contributed by atoms with Gasteiger partial charge in [-0.05, 0) is 31.9 Å². The van der Waals surface area contributed by atoms with Crippen LogP contribution in [-0.4, -0.2) is 18.6 Å². The fraction of sp³-hybridized carbons (Fsp3) is 0.500. The van der Waals surface area contributed by atoms with Gasteiger partial charge >= 0.3 is 0 Å². The molecule has 1 aromatic rings. The van der Waals surface area contributed by atoms with Gasteiger partial charge in [-0.3, -0.25) is 4.79 Å². The van der Waals surface area contributed by atoms with Gasteiger partial charge in [-0.15, -0.1) is 0 Å². The third-order valence-corrected chi connectivity index (χ3v) is 3.62. The Bertz CT molecular complexity index is 451. The number of rotatable bonds is 3. The molecule has 0 aromatic heterocycles. The number of amides is 1. The van der Waals surface area contributed by atoms with E-state index in [-0.39, 0.29) is 11.4 Å². The standard InChI is InChI=1S/C14H20N2O2/c1-14(8-3-4-9-14)16-13(17)10-6-5-7-11(15)12(10)18-2/h5-7H,3-4,8-9,15H2,1-2H3,(H,16,17). The van der Waals surface area contributed by atoms with Gasteiger partial charge in [-0.2, -0.15) is 0 Å². The number of methoxy groups -OCH3 is 1. The van der Waals surface area contributed by atoms with E-state index in [0.717, 1.165) is 12.8 Å². The van der Waals surface area contributed by atoms with Gasteiger partial charge in [0.05, 0.1) is 18.4 Å². The van der Waals surface area contributed by atoms with Crippen molar-refractivity contribution in [2.75, 3.05) is 12.8 Å². The molecule has 4 nitrogen and oxygen atoms in total. The predicted molar refractivity (Wildman–Crippen MR) is 71.7 cm³/mol. The molecule has 0 bridgehead atoms. The number of carbonyl (C=O) groups excluding carboxylic acids is 1. The van der Waals surface area contributed by atoms with Crippen molar-refractivity contribution in [2.45, 2.75) is 38.1 Å². The van der Waals surface area contributed by atoms with Crippen LogP contribution in [0.25, 0.3) is 0 Å². The maximum absolute atomic E-state index is 12.3. The third kappa shape index (κ3) is 2.42. The van der Waals surface area contributed by atoms with Crippen LogP contribution >= 0.6 is 0 Å². The van der Waals surface area contributed by atoms with Gasteiger partial charge in [0.25, 0.3) is 5.91 Å². The number of nitrogens with two attached hydrogens (primary N) is 1. The van der Waals surface area contributed by atoms with E-state index in [2.05, 4.69) is 12.2 Å². The molecule has 0 atom stereocenters. The van der Waals surface area contributed by atoms with Crippen LogP contribution in [0.1, 0.15) is 43.0 Å². The number of hydrogen-bond acceptors (Lipinski definition) is 3. The van der Waals surface area contributed by atoms with Crippen molar-refractivity contribution in [1.82, 2.24) is 5.32 Å². The lowest BCUT2D eigenvalue weighted by Crippen LogP contribution is -2.43. The molecule has 1 fully saturated rings. The van der Waals surface area contributed by atoms with E-state index in [4.69, 9.17) is 10.5 Å². The Morgan fingerprint density at radius 2 is 2.06 bits per heavy atom. The van der Waals surface area contributed by atoms with E-state index in [1.807, 2.05) is 0 Å². The van der Waals surface area contributed by atoms with E-state index in [0.29, 0.717) is 17.0 Å². The highest BCUT2D eigenvalue weighted by Crippen LogP contribution is 2.31. The Labute approximate surface area is 108 Å². The van der Waals surface area contributed by atoms with Gasteiger partial charge in [0.2, 0.25) is 0 Å². The molecule has 0 unspecified atom stereocenters. The normalized spacial score (nSPS) is 17.4. The van der Waals surface area contributed by atoms with Crippen molar-refractivity contribution >= 4 is 11.6 Å². The monoisotopic (exact) mass is 248 g/mol. The van der Waals surface area contributed by atoms with Gasteiger partial charge in [-0.1, -0.05) is 18.9 Å². The minimum Gasteiger partial charge on any atom is -0.494 e. The fourth-order valence-electron chi connectivity index (χ4n) is 2.58. The summed E-state index contributed by atoms with van der Waals surface area (Å²) in [6.07, 6.45) is 4.41. The molecule has 0 heterocycles. The number of hydrogen-bond donors (Lipinski definition) is 2. The number of benzene rings is 1. The molecule has 2 rings (SSSR count). The van der Waals surface area contributed by atoms with Gasteiger partial charge in [0.1, 0.15) is 0 Å². The number of carbonyl (C=O) groups is 1. The third-order valence-electron chi connectivity index (χ3n) is 3.62. The fourth-order valence-corrected chi connectivity index (χ4v) is 2.58. The van der Waals surface area contributed by atoms with Crippen molar-refractivity contribution in [3.05, 3.63) is 23.8 Å². The molecule has 0 saturated heterocycles. The van der Waals surface area contributed by atoms with E-state index in [1.54, 1.807) is 18.2 Å². The zero-order valence-electron chi connectivity index (χ0n) is 11.0. The highest BCUT2D eigenvalue weighted by atomic mass is 16.5. The first kappa shape index (κ1) is 12.7. The Hall–Kier alpha value is -1.71. The average molecular weight is 248 g/mol. The molecule has 3 N–H and O–H groups in total. The number of ether oxygens (including phenoxy) is 1.